The highest BCUT2D eigenvalue weighted by molar-refractivity contribution is 5.99. The molecule has 1 aromatic carbocycles. The number of amides is 1. The molecule has 0 fully saturated rings. The van der Waals surface area contributed by atoms with Crippen LogP contribution in [0.3, 0.4) is 0 Å². The molecule has 0 atom stereocenters. The van der Waals surface area contributed by atoms with Gasteiger partial charge in [0.1, 0.15) is 11.5 Å². The molecule has 2 heterocycles. The minimum atomic E-state index is -0.206. The van der Waals surface area contributed by atoms with Crippen LogP contribution in [0.1, 0.15) is 27.5 Å². The van der Waals surface area contributed by atoms with Crippen LogP contribution in [-0.4, -0.2) is 53.6 Å². The average Bonchev–Trinajstić information content (AvgIpc) is 3.23. The number of aromatic nitrogens is 2. The first kappa shape index (κ1) is 21.3. The zero-order valence-corrected chi connectivity index (χ0v) is 17.9. The van der Waals surface area contributed by atoms with E-state index in [1.165, 1.54) is 0 Å². The number of nitrogens with one attached hydrogen (secondary N) is 1. The zero-order chi connectivity index (χ0) is 21.8. The molecule has 30 heavy (non-hydrogen) atoms. The molecule has 0 spiro atoms. The zero-order valence-electron chi connectivity index (χ0n) is 17.9. The van der Waals surface area contributed by atoms with Gasteiger partial charge in [-0.15, -0.1) is 0 Å². The van der Waals surface area contributed by atoms with E-state index in [1.54, 1.807) is 43.3 Å². The highest BCUT2D eigenvalue weighted by atomic mass is 16.5. The maximum atomic E-state index is 12.9. The number of carbonyl (C=O) groups is 2. The molecule has 2 aromatic heterocycles. The predicted molar refractivity (Wildman–Crippen MR) is 113 cm³/mol. The fourth-order valence-electron chi connectivity index (χ4n) is 3.39. The van der Waals surface area contributed by atoms with Gasteiger partial charge in [0.05, 0.1) is 20.2 Å². The quantitative estimate of drug-likeness (QED) is 0.574. The van der Waals surface area contributed by atoms with Crippen molar-refractivity contribution in [3.8, 4) is 11.6 Å². The Labute approximate surface area is 175 Å². The minimum Gasteiger partial charge on any atom is -0.497 e. The van der Waals surface area contributed by atoms with Gasteiger partial charge in [-0.3, -0.25) is 19.1 Å². The van der Waals surface area contributed by atoms with Gasteiger partial charge in [-0.05, 0) is 46.0 Å². The van der Waals surface area contributed by atoms with Crippen LogP contribution in [0.25, 0.3) is 5.82 Å². The van der Waals surface area contributed by atoms with Gasteiger partial charge in [0.25, 0.3) is 0 Å². The summed E-state index contributed by atoms with van der Waals surface area (Å²) in [6.07, 6.45) is 0. The molecule has 0 aliphatic carbocycles. The summed E-state index contributed by atoms with van der Waals surface area (Å²) in [5.41, 5.74) is 2.93. The summed E-state index contributed by atoms with van der Waals surface area (Å²) in [5.74, 6) is 1.74. The first-order valence-electron chi connectivity index (χ1n) is 9.56. The van der Waals surface area contributed by atoms with Crippen molar-refractivity contribution in [2.45, 2.75) is 20.8 Å². The summed E-state index contributed by atoms with van der Waals surface area (Å²) in [6, 6.07) is 10.8. The monoisotopic (exact) mass is 410 g/mol. The molecule has 158 valence electrons. The van der Waals surface area contributed by atoms with Gasteiger partial charge >= 0.3 is 0 Å². The third-order valence-corrected chi connectivity index (χ3v) is 4.76. The highest BCUT2D eigenvalue weighted by Gasteiger charge is 2.20. The lowest BCUT2D eigenvalue weighted by Crippen LogP contribution is -2.34. The molecule has 1 N–H and O–H groups in total. The van der Waals surface area contributed by atoms with Crippen LogP contribution in [-0.2, 0) is 4.79 Å². The largest absolute Gasteiger partial charge is 0.497 e. The SMILES string of the molecule is COc1cccc(NC(=O)CN(C)CC(=O)c2cc(C)n(-c3cc(C)on3)c2C)c1. The maximum Gasteiger partial charge on any atom is 0.238 e. The lowest BCUT2D eigenvalue weighted by atomic mass is 10.1. The molecule has 0 aliphatic heterocycles. The van der Waals surface area contributed by atoms with E-state index < -0.39 is 0 Å². The molecular weight excluding hydrogens is 384 g/mol. The minimum absolute atomic E-state index is 0.0637. The van der Waals surface area contributed by atoms with Gasteiger partial charge in [0.2, 0.25) is 5.91 Å². The summed E-state index contributed by atoms with van der Waals surface area (Å²) in [4.78, 5) is 26.9. The van der Waals surface area contributed by atoms with Crippen molar-refractivity contribution in [2.24, 2.45) is 0 Å². The Kier molecular flexibility index (Phi) is 6.37. The summed E-state index contributed by atoms with van der Waals surface area (Å²) in [5, 5.41) is 6.85. The van der Waals surface area contributed by atoms with Gasteiger partial charge in [0, 0.05) is 34.8 Å². The summed E-state index contributed by atoms with van der Waals surface area (Å²) >= 11 is 0. The van der Waals surface area contributed by atoms with Crippen LogP contribution in [0.5, 0.6) is 5.75 Å². The van der Waals surface area contributed by atoms with Gasteiger partial charge in [0.15, 0.2) is 11.6 Å². The van der Waals surface area contributed by atoms with Crippen molar-refractivity contribution in [2.75, 3.05) is 32.6 Å². The van der Waals surface area contributed by atoms with Gasteiger partial charge in [-0.2, -0.15) is 0 Å². The number of hydrogen-bond donors (Lipinski definition) is 1. The number of nitrogens with zero attached hydrogens (tertiary/aromatic N) is 3. The van der Waals surface area contributed by atoms with E-state index >= 15 is 0 Å². The number of ketones is 1. The molecule has 0 unspecified atom stereocenters. The van der Waals surface area contributed by atoms with Crippen LogP contribution in [0.2, 0.25) is 0 Å². The van der Waals surface area contributed by atoms with E-state index in [0.717, 1.165) is 11.4 Å². The summed E-state index contributed by atoms with van der Waals surface area (Å²) < 4.78 is 12.2. The Bertz CT molecular complexity index is 1070. The van der Waals surface area contributed by atoms with E-state index in [4.69, 9.17) is 9.26 Å². The predicted octanol–water partition coefficient (Wildman–Crippen LogP) is 3.15. The lowest BCUT2D eigenvalue weighted by molar-refractivity contribution is -0.116. The van der Waals surface area contributed by atoms with E-state index in [-0.39, 0.29) is 24.8 Å². The molecule has 3 rings (SSSR count). The molecule has 0 saturated carbocycles. The number of hydrogen-bond acceptors (Lipinski definition) is 6. The van der Waals surface area contributed by atoms with E-state index in [0.29, 0.717) is 28.6 Å². The molecule has 8 nitrogen and oxygen atoms in total. The lowest BCUT2D eigenvalue weighted by Gasteiger charge is -2.16. The standard InChI is InChI=1S/C22H26N4O4/c1-14-9-19(16(3)26(14)21-10-15(2)30-24-21)20(27)12-25(4)13-22(28)23-17-7-6-8-18(11-17)29-5/h6-11H,12-13H2,1-5H3,(H,23,28). The second-order valence-corrected chi connectivity index (χ2v) is 7.29. The maximum absolute atomic E-state index is 12.9. The van der Waals surface area contributed by atoms with Crippen LogP contribution in [0.4, 0.5) is 5.69 Å². The molecular formula is C22H26N4O4. The highest BCUT2D eigenvalue weighted by Crippen LogP contribution is 2.21. The summed E-state index contributed by atoms with van der Waals surface area (Å²) in [6.45, 7) is 5.82. The number of benzene rings is 1. The van der Waals surface area contributed by atoms with Crippen molar-refractivity contribution in [3.05, 3.63) is 59.1 Å². The van der Waals surface area contributed by atoms with Crippen molar-refractivity contribution < 1.29 is 18.8 Å². The normalized spacial score (nSPS) is 11.0. The fourth-order valence-corrected chi connectivity index (χ4v) is 3.39. The Morgan fingerprint density at radius 1 is 1.17 bits per heavy atom. The van der Waals surface area contributed by atoms with Gasteiger partial charge < -0.3 is 14.6 Å². The summed E-state index contributed by atoms with van der Waals surface area (Å²) in [7, 11) is 3.31. The van der Waals surface area contributed by atoms with Gasteiger partial charge in [-0.1, -0.05) is 11.2 Å². The van der Waals surface area contributed by atoms with Crippen molar-refractivity contribution >= 4 is 17.4 Å². The number of aryl methyl sites for hydroxylation is 2. The van der Waals surface area contributed by atoms with E-state index in [1.807, 2.05) is 37.5 Å². The molecule has 0 saturated heterocycles. The third-order valence-electron chi connectivity index (χ3n) is 4.76. The average molecular weight is 410 g/mol. The number of anilines is 1. The van der Waals surface area contributed by atoms with Crippen LogP contribution in [0.15, 0.2) is 40.9 Å². The topological polar surface area (TPSA) is 89.6 Å². The first-order valence-corrected chi connectivity index (χ1v) is 9.56. The van der Waals surface area contributed by atoms with Crippen molar-refractivity contribution in [1.29, 1.82) is 0 Å². The smallest absolute Gasteiger partial charge is 0.238 e. The van der Waals surface area contributed by atoms with Crippen LogP contribution < -0.4 is 10.1 Å². The Balaban J connectivity index is 1.63. The molecule has 8 heteroatoms. The Morgan fingerprint density at radius 3 is 2.60 bits per heavy atom. The number of ether oxygens (including phenoxy) is 1. The fraction of sp³-hybridized carbons (Fsp3) is 0.318. The number of rotatable bonds is 8. The number of methoxy groups -OCH3 is 1. The number of likely N-dealkylation sites (N-methyl/N-ethyl adjacent to an activating group) is 1. The first-order chi connectivity index (χ1) is 14.3. The third kappa shape index (κ3) is 4.77. The van der Waals surface area contributed by atoms with E-state index in [9.17, 15) is 9.59 Å². The molecule has 3 aromatic rings. The molecule has 1 amide bonds. The van der Waals surface area contributed by atoms with Gasteiger partial charge in [-0.25, -0.2) is 0 Å². The van der Waals surface area contributed by atoms with E-state index in [2.05, 4.69) is 10.5 Å². The number of Topliss-reactive ketones (excluding diaryl/α,β-unsaturated/α-hetero) is 1. The van der Waals surface area contributed by atoms with Crippen molar-refractivity contribution in [1.82, 2.24) is 14.6 Å². The van der Waals surface area contributed by atoms with Crippen molar-refractivity contribution in [3.63, 3.8) is 0 Å². The number of carbonyl (C=O) groups excluding carboxylic acids is 2. The molecule has 0 bridgehead atoms. The molecule has 0 aliphatic rings. The Hall–Kier alpha value is -3.39. The van der Waals surface area contributed by atoms with Crippen LogP contribution >= 0.6 is 0 Å². The second kappa shape index (κ2) is 8.96. The van der Waals surface area contributed by atoms with Crippen LogP contribution in [0, 0.1) is 20.8 Å². The second-order valence-electron chi connectivity index (χ2n) is 7.29. The molecule has 0 radical (unpaired) electrons. The Morgan fingerprint density at radius 2 is 1.93 bits per heavy atom.